The molecule has 0 radical (unpaired) electrons. The second kappa shape index (κ2) is 7.83. The molecule has 1 amide bonds. The van der Waals surface area contributed by atoms with Crippen LogP contribution in [0.25, 0.3) is 5.69 Å². The Hall–Kier alpha value is -2.54. The molecule has 0 fully saturated rings. The maximum absolute atomic E-state index is 12.7. The summed E-state index contributed by atoms with van der Waals surface area (Å²) in [6.45, 7) is 0. The smallest absolute Gasteiger partial charge is 0.247 e. The number of nitrogens with one attached hydrogen (secondary N) is 1. The lowest BCUT2D eigenvalue weighted by Gasteiger charge is -2.18. The zero-order valence-corrected chi connectivity index (χ0v) is 14.2. The van der Waals surface area contributed by atoms with Gasteiger partial charge in [0.2, 0.25) is 5.91 Å². The van der Waals surface area contributed by atoms with Crippen LogP contribution in [0.15, 0.2) is 61.4 Å². The molecule has 7 heteroatoms. The molecule has 0 aliphatic heterocycles. The Labute approximate surface area is 144 Å². The quantitative estimate of drug-likeness (QED) is 0.717. The van der Waals surface area contributed by atoms with Crippen molar-refractivity contribution >= 4 is 23.4 Å². The lowest BCUT2D eigenvalue weighted by Crippen LogP contribution is -2.25. The summed E-state index contributed by atoms with van der Waals surface area (Å²) < 4.78 is 3.77. The average molecular weight is 341 g/mol. The minimum absolute atomic E-state index is 0.00250. The maximum Gasteiger partial charge on any atom is 0.247 e. The minimum atomic E-state index is -0.204. The number of amides is 1. The molecule has 24 heavy (non-hydrogen) atoms. The van der Waals surface area contributed by atoms with Crippen molar-refractivity contribution in [2.24, 2.45) is 0 Å². The molecule has 6 nitrogen and oxygen atoms in total. The van der Waals surface area contributed by atoms with Gasteiger partial charge in [-0.05, 0) is 54.8 Å². The van der Waals surface area contributed by atoms with Gasteiger partial charge in [0.1, 0.15) is 18.7 Å². The van der Waals surface area contributed by atoms with Crippen molar-refractivity contribution in [3.8, 4) is 5.69 Å². The monoisotopic (exact) mass is 341 g/mol. The first-order valence-corrected chi connectivity index (χ1v) is 9.04. The summed E-state index contributed by atoms with van der Waals surface area (Å²) >= 11 is 1.74. The SMILES string of the molecule is CSCCC(C(=O)Nc1ccc(-n2cnnc2)cc1)n1cccc1. The predicted octanol–water partition coefficient (Wildman–Crippen LogP) is 3.00. The highest BCUT2D eigenvalue weighted by atomic mass is 32.2. The third kappa shape index (κ3) is 3.86. The van der Waals surface area contributed by atoms with Gasteiger partial charge in [0.05, 0.1) is 0 Å². The molecule has 0 spiro atoms. The Balaban J connectivity index is 1.70. The molecule has 1 aromatic carbocycles. The fourth-order valence-corrected chi connectivity index (χ4v) is 2.94. The molecule has 124 valence electrons. The topological polar surface area (TPSA) is 64.7 Å². The van der Waals surface area contributed by atoms with E-state index < -0.39 is 0 Å². The average Bonchev–Trinajstić information content (AvgIpc) is 3.30. The van der Waals surface area contributed by atoms with E-state index in [1.54, 1.807) is 24.4 Å². The third-order valence-electron chi connectivity index (χ3n) is 3.74. The second-order valence-corrected chi connectivity index (χ2v) is 6.32. The number of nitrogens with zero attached hydrogens (tertiary/aromatic N) is 4. The van der Waals surface area contributed by atoms with Crippen LogP contribution < -0.4 is 5.32 Å². The van der Waals surface area contributed by atoms with Crippen molar-refractivity contribution in [1.82, 2.24) is 19.3 Å². The van der Waals surface area contributed by atoms with Gasteiger partial charge in [0, 0.05) is 23.8 Å². The highest BCUT2D eigenvalue weighted by molar-refractivity contribution is 7.98. The normalized spacial score (nSPS) is 12.0. The van der Waals surface area contributed by atoms with Gasteiger partial charge < -0.3 is 9.88 Å². The van der Waals surface area contributed by atoms with Crippen LogP contribution in [0.2, 0.25) is 0 Å². The van der Waals surface area contributed by atoms with Crippen molar-refractivity contribution in [3.63, 3.8) is 0 Å². The Morgan fingerprint density at radius 2 is 1.83 bits per heavy atom. The third-order valence-corrected chi connectivity index (χ3v) is 4.38. The van der Waals surface area contributed by atoms with Crippen molar-refractivity contribution in [1.29, 1.82) is 0 Å². The van der Waals surface area contributed by atoms with Crippen molar-refractivity contribution in [3.05, 3.63) is 61.4 Å². The number of rotatable bonds is 7. The molecule has 0 saturated heterocycles. The van der Waals surface area contributed by atoms with E-state index in [1.165, 1.54) is 0 Å². The number of aromatic nitrogens is 4. The number of hydrogen-bond donors (Lipinski definition) is 1. The van der Waals surface area contributed by atoms with Crippen LogP contribution in [0.5, 0.6) is 0 Å². The molecular formula is C17H19N5OS. The van der Waals surface area contributed by atoms with Gasteiger partial charge in [-0.2, -0.15) is 11.8 Å². The summed E-state index contributed by atoms with van der Waals surface area (Å²) in [5.41, 5.74) is 1.72. The first-order valence-electron chi connectivity index (χ1n) is 7.65. The van der Waals surface area contributed by atoms with E-state index in [4.69, 9.17) is 0 Å². The molecule has 1 unspecified atom stereocenters. The van der Waals surface area contributed by atoms with Gasteiger partial charge >= 0.3 is 0 Å². The van der Waals surface area contributed by atoms with Crippen LogP contribution in [0.4, 0.5) is 5.69 Å². The lowest BCUT2D eigenvalue weighted by atomic mass is 10.2. The van der Waals surface area contributed by atoms with Crippen LogP contribution in [-0.4, -0.2) is 37.2 Å². The molecule has 2 aromatic heterocycles. The number of carbonyl (C=O) groups excluding carboxylic acids is 1. The van der Waals surface area contributed by atoms with E-state index in [2.05, 4.69) is 15.5 Å². The van der Waals surface area contributed by atoms with Gasteiger partial charge in [-0.25, -0.2) is 0 Å². The summed E-state index contributed by atoms with van der Waals surface area (Å²) in [5, 5.41) is 10.6. The molecule has 0 saturated carbocycles. The number of benzene rings is 1. The summed E-state index contributed by atoms with van der Waals surface area (Å²) in [6.07, 6.45) is 9.98. The lowest BCUT2D eigenvalue weighted by molar-refractivity contribution is -0.119. The molecular weight excluding hydrogens is 322 g/mol. The Bertz CT molecular complexity index is 753. The van der Waals surface area contributed by atoms with Gasteiger partial charge in [-0.15, -0.1) is 10.2 Å². The second-order valence-electron chi connectivity index (χ2n) is 5.33. The van der Waals surface area contributed by atoms with E-state index in [0.717, 1.165) is 23.5 Å². The molecule has 0 aliphatic rings. The first kappa shape index (κ1) is 16.3. The van der Waals surface area contributed by atoms with E-state index in [9.17, 15) is 4.79 Å². The van der Waals surface area contributed by atoms with Gasteiger partial charge in [-0.1, -0.05) is 0 Å². The molecule has 0 aliphatic carbocycles. The summed E-state index contributed by atoms with van der Waals surface area (Å²) in [6, 6.07) is 11.3. The molecule has 1 N–H and O–H groups in total. The molecule has 0 bridgehead atoms. The maximum atomic E-state index is 12.7. The van der Waals surface area contributed by atoms with Gasteiger partial charge in [-0.3, -0.25) is 9.36 Å². The van der Waals surface area contributed by atoms with Crippen LogP contribution >= 0.6 is 11.8 Å². The number of hydrogen-bond acceptors (Lipinski definition) is 4. The highest BCUT2D eigenvalue weighted by Gasteiger charge is 2.19. The van der Waals surface area contributed by atoms with Crippen molar-refractivity contribution in [2.45, 2.75) is 12.5 Å². The van der Waals surface area contributed by atoms with Gasteiger partial charge in [0.25, 0.3) is 0 Å². The zero-order chi connectivity index (χ0) is 16.8. The molecule has 3 aromatic rings. The fraction of sp³-hybridized carbons (Fsp3) is 0.235. The summed E-state index contributed by atoms with van der Waals surface area (Å²) in [7, 11) is 0. The predicted molar refractivity (Wildman–Crippen MR) is 96.5 cm³/mol. The van der Waals surface area contributed by atoms with E-state index in [1.807, 2.05) is 64.2 Å². The molecule has 3 rings (SSSR count). The van der Waals surface area contributed by atoms with Gasteiger partial charge in [0.15, 0.2) is 0 Å². The zero-order valence-electron chi connectivity index (χ0n) is 13.4. The Morgan fingerprint density at radius 3 is 2.46 bits per heavy atom. The standard InChI is InChI=1S/C17H19N5OS/c1-24-11-8-16(21-9-2-3-10-21)17(23)20-14-4-6-15(7-5-14)22-12-18-19-13-22/h2-7,9-10,12-13,16H,8,11H2,1H3,(H,20,23). The Kier molecular flexibility index (Phi) is 5.32. The summed E-state index contributed by atoms with van der Waals surface area (Å²) in [4.78, 5) is 12.7. The summed E-state index contributed by atoms with van der Waals surface area (Å²) in [5.74, 6) is 0.931. The van der Waals surface area contributed by atoms with Crippen LogP contribution in [0.3, 0.4) is 0 Å². The van der Waals surface area contributed by atoms with Crippen LogP contribution in [0, 0.1) is 0 Å². The Morgan fingerprint density at radius 1 is 1.17 bits per heavy atom. The van der Waals surface area contributed by atoms with E-state index >= 15 is 0 Å². The minimum Gasteiger partial charge on any atom is -0.342 e. The van der Waals surface area contributed by atoms with E-state index in [-0.39, 0.29) is 11.9 Å². The number of anilines is 1. The van der Waals surface area contributed by atoms with Crippen LogP contribution in [-0.2, 0) is 4.79 Å². The van der Waals surface area contributed by atoms with E-state index in [0.29, 0.717) is 0 Å². The highest BCUT2D eigenvalue weighted by Crippen LogP contribution is 2.19. The number of carbonyl (C=O) groups is 1. The number of thioether (sulfide) groups is 1. The van der Waals surface area contributed by atoms with Crippen molar-refractivity contribution in [2.75, 3.05) is 17.3 Å². The van der Waals surface area contributed by atoms with Crippen LogP contribution in [0.1, 0.15) is 12.5 Å². The first-order chi connectivity index (χ1) is 11.8. The molecule has 2 heterocycles. The largest absolute Gasteiger partial charge is 0.342 e. The fourth-order valence-electron chi connectivity index (χ4n) is 2.48. The molecule has 1 atom stereocenters. The van der Waals surface area contributed by atoms with Crippen molar-refractivity contribution < 1.29 is 4.79 Å².